The third-order valence-corrected chi connectivity index (χ3v) is 2.65. The van der Waals surface area contributed by atoms with Gasteiger partial charge in [-0.2, -0.15) is 0 Å². The zero-order chi connectivity index (χ0) is 12.3. The minimum atomic E-state index is -1.17. The van der Waals surface area contributed by atoms with E-state index in [4.69, 9.17) is 9.84 Å². The van der Waals surface area contributed by atoms with Gasteiger partial charge in [0.1, 0.15) is 12.6 Å². The molecule has 0 aliphatic heterocycles. The molecule has 1 fully saturated rings. The first-order chi connectivity index (χ1) is 8.15. The average Bonchev–Trinajstić information content (AvgIpc) is 2.88. The monoisotopic (exact) mass is 239 g/mol. The number of nitrogens with zero attached hydrogens (tertiary/aromatic N) is 3. The third-order valence-electron chi connectivity index (χ3n) is 2.65. The number of carboxylic acids is 1. The van der Waals surface area contributed by atoms with E-state index in [0.29, 0.717) is 0 Å². The molecule has 0 radical (unpaired) electrons. The number of carbonyl (C=O) groups is 2. The van der Waals surface area contributed by atoms with Crippen molar-refractivity contribution in [1.29, 1.82) is 0 Å². The van der Waals surface area contributed by atoms with Crippen LogP contribution in [-0.2, 0) is 16.1 Å². The Labute approximate surface area is 97.4 Å². The number of ether oxygens (including phenoxy) is 1. The van der Waals surface area contributed by atoms with Crippen molar-refractivity contribution in [2.45, 2.75) is 38.3 Å². The summed E-state index contributed by atoms with van der Waals surface area (Å²) in [7, 11) is 0. The largest absolute Gasteiger partial charge is 0.476 e. The van der Waals surface area contributed by atoms with E-state index in [-0.39, 0.29) is 18.3 Å². The normalized spacial score (nSPS) is 16.0. The summed E-state index contributed by atoms with van der Waals surface area (Å²) in [6.07, 6.45) is 5.20. The van der Waals surface area contributed by atoms with Gasteiger partial charge in [-0.3, -0.25) is 4.79 Å². The lowest BCUT2D eigenvalue weighted by Crippen LogP contribution is -2.19. The smallest absolute Gasteiger partial charge is 0.358 e. The lowest BCUT2D eigenvalue weighted by atomic mass is 10.3. The van der Waals surface area contributed by atoms with E-state index in [9.17, 15) is 9.59 Å². The van der Waals surface area contributed by atoms with E-state index in [1.807, 2.05) is 0 Å². The molecule has 7 nitrogen and oxygen atoms in total. The van der Waals surface area contributed by atoms with E-state index in [1.165, 1.54) is 10.9 Å². The highest BCUT2D eigenvalue weighted by molar-refractivity contribution is 5.84. The lowest BCUT2D eigenvalue weighted by molar-refractivity contribution is -0.149. The number of carbonyl (C=O) groups excluding carboxylic acids is 1. The van der Waals surface area contributed by atoms with Gasteiger partial charge in [-0.1, -0.05) is 5.21 Å². The van der Waals surface area contributed by atoms with E-state index in [0.717, 1.165) is 25.7 Å². The van der Waals surface area contributed by atoms with Gasteiger partial charge < -0.3 is 9.84 Å². The number of hydrogen-bond acceptors (Lipinski definition) is 5. The Hall–Kier alpha value is -1.92. The summed E-state index contributed by atoms with van der Waals surface area (Å²) in [5, 5.41) is 15.6. The molecule has 1 aromatic heterocycles. The third kappa shape index (κ3) is 3.02. The molecule has 0 bridgehead atoms. The predicted octanol–water partition coefficient (Wildman–Crippen LogP) is 0.462. The Morgan fingerprint density at radius 2 is 2.18 bits per heavy atom. The summed E-state index contributed by atoms with van der Waals surface area (Å²) in [4.78, 5) is 22.0. The molecular weight excluding hydrogens is 226 g/mol. The summed E-state index contributed by atoms with van der Waals surface area (Å²) in [6.45, 7) is -0.100. The zero-order valence-electron chi connectivity index (χ0n) is 9.20. The van der Waals surface area contributed by atoms with E-state index in [2.05, 4.69) is 10.3 Å². The Morgan fingerprint density at radius 1 is 1.47 bits per heavy atom. The molecule has 1 N–H and O–H groups in total. The lowest BCUT2D eigenvalue weighted by Gasteiger charge is -2.10. The van der Waals surface area contributed by atoms with Crippen LogP contribution in [0.15, 0.2) is 6.20 Å². The zero-order valence-corrected chi connectivity index (χ0v) is 9.20. The molecule has 1 heterocycles. The van der Waals surface area contributed by atoms with Crippen LogP contribution in [0, 0.1) is 0 Å². The topological polar surface area (TPSA) is 94.3 Å². The minimum absolute atomic E-state index is 0.00460. The van der Waals surface area contributed by atoms with Gasteiger partial charge in [-0.25, -0.2) is 9.48 Å². The fourth-order valence-corrected chi connectivity index (χ4v) is 1.84. The van der Waals surface area contributed by atoms with Gasteiger partial charge in [-0.15, -0.1) is 5.10 Å². The fourth-order valence-electron chi connectivity index (χ4n) is 1.84. The van der Waals surface area contributed by atoms with Crippen LogP contribution in [0.3, 0.4) is 0 Å². The van der Waals surface area contributed by atoms with Crippen molar-refractivity contribution in [1.82, 2.24) is 15.0 Å². The molecular formula is C10H13N3O4. The molecule has 0 aromatic carbocycles. The van der Waals surface area contributed by atoms with Gasteiger partial charge in [0.15, 0.2) is 5.69 Å². The molecule has 0 spiro atoms. The summed E-state index contributed by atoms with van der Waals surface area (Å²) in [5.41, 5.74) is -0.182. The molecule has 0 saturated heterocycles. The SMILES string of the molecule is O=C(Cn1cc(C(=O)O)nn1)OC1CCCC1. The summed E-state index contributed by atoms with van der Waals surface area (Å²) in [6, 6.07) is 0. The second kappa shape index (κ2) is 4.94. The van der Waals surface area contributed by atoms with Gasteiger partial charge in [-0.05, 0) is 25.7 Å². The summed E-state index contributed by atoms with van der Waals surface area (Å²) < 4.78 is 6.38. The minimum Gasteiger partial charge on any atom is -0.476 e. The van der Waals surface area contributed by atoms with Crippen LogP contribution < -0.4 is 0 Å². The second-order valence-corrected chi connectivity index (χ2v) is 4.00. The maximum atomic E-state index is 11.5. The Kier molecular flexibility index (Phi) is 3.36. The van der Waals surface area contributed by atoms with Crippen LogP contribution in [0.1, 0.15) is 36.2 Å². The molecule has 17 heavy (non-hydrogen) atoms. The van der Waals surface area contributed by atoms with Gasteiger partial charge in [0, 0.05) is 0 Å². The molecule has 92 valence electrons. The molecule has 2 rings (SSSR count). The molecule has 1 saturated carbocycles. The summed E-state index contributed by atoms with van der Waals surface area (Å²) in [5.74, 6) is -1.57. The van der Waals surface area contributed by atoms with Crippen LogP contribution in [0.25, 0.3) is 0 Å². The number of carboxylic acid groups (broad SMARTS) is 1. The van der Waals surface area contributed by atoms with E-state index in [1.54, 1.807) is 0 Å². The molecule has 7 heteroatoms. The van der Waals surface area contributed by atoms with Crippen molar-refractivity contribution in [3.63, 3.8) is 0 Å². The van der Waals surface area contributed by atoms with Crippen LogP contribution in [0.5, 0.6) is 0 Å². The first-order valence-electron chi connectivity index (χ1n) is 5.48. The van der Waals surface area contributed by atoms with Crippen LogP contribution in [-0.4, -0.2) is 38.1 Å². The quantitative estimate of drug-likeness (QED) is 0.767. The van der Waals surface area contributed by atoms with E-state index < -0.39 is 11.9 Å². The molecule has 1 aliphatic rings. The maximum absolute atomic E-state index is 11.5. The number of aromatic carboxylic acids is 1. The Morgan fingerprint density at radius 3 is 2.76 bits per heavy atom. The number of aromatic nitrogens is 3. The standard InChI is InChI=1S/C10H13N3O4/c14-9(17-7-3-1-2-4-7)6-13-5-8(10(15)16)11-12-13/h5,7H,1-4,6H2,(H,15,16). The van der Waals surface area contributed by atoms with Crippen LogP contribution in [0.4, 0.5) is 0 Å². The first kappa shape index (κ1) is 11.6. The van der Waals surface area contributed by atoms with Crippen molar-refractivity contribution < 1.29 is 19.4 Å². The van der Waals surface area contributed by atoms with Crippen molar-refractivity contribution in [2.75, 3.05) is 0 Å². The highest BCUT2D eigenvalue weighted by Crippen LogP contribution is 2.20. The molecule has 1 aromatic rings. The van der Waals surface area contributed by atoms with Gasteiger partial charge in [0.25, 0.3) is 0 Å². The second-order valence-electron chi connectivity index (χ2n) is 4.00. The van der Waals surface area contributed by atoms with Crippen LogP contribution >= 0.6 is 0 Å². The highest BCUT2D eigenvalue weighted by Gasteiger charge is 2.19. The first-order valence-corrected chi connectivity index (χ1v) is 5.48. The van der Waals surface area contributed by atoms with Crippen molar-refractivity contribution >= 4 is 11.9 Å². The molecule has 0 unspecified atom stereocenters. The van der Waals surface area contributed by atoms with Crippen molar-refractivity contribution in [3.8, 4) is 0 Å². The summed E-state index contributed by atoms with van der Waals surface area (Å²) >= 11 is 0. The fraction of sp³-hybridized carbons (Fsp3) is 0.600. The average molecular weight is 239 g/mol. The molecule has 1 aliphatic carbocycles. The number of rotatable bonds is 4. The highest BCUT2D eigenvalue weighted by atomic mass is 16.5. The number of esters is 1. The number of hydrogen-bond donors (Lipinski definition) is 1. The van der Waals surface area contributed by atoms with Crippen molar-refractivity contribution in [3.05, 3.63) is 11.9 Å². The Bertz CT molecular complexity index is 423. The van der Waals surface area contributed by atoms with Gasteiger partial charge >= 0.3 is 11.9 Å². The van der Waals surface area contributed by atoms with Gasteiger partial charge in [0.05, 0.1) is 6.20 Å². The Balaban J connectivity index is 1.86. The molecule has 0 amide bonds. The van der Waals surface area contributed by atoms with E-state index >= 15 is 0 Å². The van der Waals surface area contributed by atoms with Crippen molar-refractivity contribution in [2.24, 2.45) is 0 Å². The molecule has 0 atom stereocenters. The maximum Gasteiger partial charge on any atom is 0.358 e. The van der Waals surface area contributed by atoms with Crippen LogP contribution in [0.2, 0.25) is 0 Å². The predicted molar refractivity (Wildman–Crippen MR) is 55.3 cm³/mol. The van der Waals surface area contributed by atoms with Gasteiger partial charge in [0.2, 0.25) is 0 Å².